The van der Waals surface area contributed by atoms with Crippen LogP contribution < -0.4 is 5.73 Å². The summed E-state index contributed by atoms with van der Waals surface area (Å²) in [5.74, 6) is -0.284. The highest BCUT2D eigenvalue weighted by Crippen LogP contribution is 2.17. The molecule has 17 heavy (non-hydrogen) atoms. The molecule has 1 amide bonds. The summed E-state index contributed by atoms with van der Waals surface area (Å²) in [6.07, 6.45) is 0. The monoisotopic (exact) mass is 245 g/mol. The van der Waals surface area contributed by atoms with Crippen LogP contribution in [-0.4, -0.2) is 59.6 Å². The van der Waals surface area contributed by atoms with Crippen LogP contribution in [0.15, 0.2) is 0 Å². The van der Waals surface area contributed by atoms with E-state index in [1.54, 1.807) is 4.90 Å². The van der Waals surface area contributed by atoms with E-state index in [2.05, 4.69) is 25.7 Å². The first-order chi connectivity index (χ1) is 7.68. The van der Waals surface area contributed by atoms with Crippen LogP contribution in [0.1, 0.15) is 27.7 Å². The van der Waals surface area contributed by atoms with Gasteiger partial charge in [-0.25, -0.2) is 4.39 Å². The minimum atomic E-state index is -1.37. The molecule has 0 unspecified atom stereocenters. The summed E-state index contributed by atoms with van der Waals surface area (Å²) in [4.78, 5) is 15.9. The molecule has 2 N–H and O–H groups in total. The predicted octanol–water partition coefficient (Wildman–Crippen LogP) is 0.616. The van der Waals surface area contributed by atoms with Crippen LogP contribution in [-0.2, 0) is 4.79 Å². The highest BCUT2D eigenvalue weighted by Gasteiger charge is 2.35. The summed E-state index contributed by atoms with van der Waals surface area (Å²) in [6, 6.07) is 0. The molecule has 5 heteroatoms. The van der Waals surface area contributed by atoms with Crippen molar-refractivity contribution in [3.63, 3.8) is 0 Å². The lowest BCUT2D eigenvalue weighted by Crippen LogP contribution is -2.61. The largest absolute Gasteiger partial charge is 0.338 e. The number of alkyl halides is 1. The molecule has 1 saturated heterocycles. The molecule has 1 heterocycles. The lowest BCUT2D eigenvalue weighted by Gasteiger charge is -2.43. The number of rotatable bonds is 2. The van der Waals surface area contributed by atoms with Crippen molar-refractivity contribution in [1.82, 2.24) is 9.80 Å². The van der Waals surface area contributed by atoms with E-state index in [9.17, 15) is 9.18 Å². The fraction of sp³-hybridized carbons (Fsp3) is 0.917. The predicted molar refractivity (Wildman–Crippen MR) is 66.5 cm³/mol. The van der Waals surface area contributed by atoms with Crippen molar-refractivity contribution >= 4 is 5.91 Å². The lowest BCUT2D eigenvalue weighted by molar-refractivity contribution is -0.139. The Labute approximate surface area is 103 Å². The van der Waals surface area contributed by atoms with Crippen molar-refractivity contribution in [1.29, 1.82) is 0 Å². The van der Waals surface area contributed by atoms with Crippen molar-refractivity contribution in [2.45, 2.75) is 38.8 Å². The number of carbonyl (C=O) groups is 1. The van der Waals surface area contributed by atoms with E-state index in [4.69, 9.17) is 5.73 Å². The van der Waals surface area contributed by atoms with Crippen LogP contribution in [0.5, 0.6) is 0 Å². The molecule has 0 radical (unpaired) electrons. The zero-order valence-corrected chi connectivity index (χ0v) is 11.3. The Morgan fingerprint density at radius 1 is 1.18 bits per heavy atom. The van der Waals surface area contributed by atoms with Gasteiger partial charge in [-0.1, -0.05) is 0 Å². The first-order valence-electron chi connectivity index (χ1n) is 6.08. The van der Waals surface area contributed by atoms with Gasteiger partial charge in [-0.3, -0.25) is 9.69 Å². The molecule has 0 aromatic heterocycles. The van der Waals surface area contributed by atoms with Gasteiger partial charge >= 0.3 is 0 Å². The van der Waals surface area contributed by atoms with Gasteiger partial charge in [-0.15, -0.1) is 0 Å². The third kappa shape index (κ3) is 3.39. The number of amides is 1. The molecule has 0 aromatic carbocycles. The topological polar surface area (TPSA) is 49.6 Å². The molecule has 0 aliphatic carbocycles. The van der Waals surface area contributed by atoms with Gasteiger partial charge in [-0.2, -0.15) is 0 Å². The molecular formula is C12H24FN3O. The zero-order valence-electron chi connectivity index (χ0n) is 11.3. The Morgan fingerprint density at radius 2 is 1.65 bits per heavy atom. The first kappa shape index (κ1) is 14.4. The molecule has 0 aromatic rings. The van der Waals surface area contributed by atoms with Crippen LogP contribution >= 0.6 is 0 Å². The van der Waals surface area contributed by atoms with Crippen molar-refractivity contribution < 1.29 is 9.18 Å². The van der Waals surface area contributed by atoms with Crippen LogP contribution in [0, 0.1) is 0 Å². The van der Waals surface area contributed by atoms with E-state index in [1.165, 1.54) is 6.92 Å². The summed E-state index contributed by atoms with van der Waals surface area (Å²) in [5.41, 5.74) is 4.37. The molecule has 1 fully saturated rings. The second-order valence-electron chi connectivity index (χ2n) is 6.00. The first-order valence-corrected chi connectivity index (χ1v) is 6.08. The average Bonchev–Trinajstić information content (AvgIpc) is 2.27. The lowest BCUT2D eigenvalue weighted by atomic mass is 10.0. The Balaban J connectivity index is 2.56. The Bertz CT molecular complexity index is 278. The Hall–Kier alpha value is -0.680. The Morgan fingerprint density at radius 3 is 2.00 bits per heavy atom. The standard InChI is InChI=1S/C12H24FN3O/c1-11(2,3)16-7-5-15(6-8-16)10(17)12(4,14)9-13/h5-9,14H2,1-4H3/t12-/m0/s1. The molecule has 0 saturated carbocycles. The van der Waals surface area contributed by atoms with Crippen molar-refractivity contribution in [3.8, 4) is 0 Å². The molecule has 1 aliphatic heterocycles. The molecule has 0 spiro atoms. The maximum absolute atomic E-state index is 12.7. The van der Waals surface area contributed by atoms with Gasteiger partial charge < -0.3 is 10.6 Å². The second-order valence-corrected chi connectivity index (χ2v) is 6.00. The minimum Gasteiger partial charge on any atom is -0.338 e. The van der Waals surface area contributed by atoms with E-state index in [-0.39, 0.29) is 11.4 Å². The quantitative estimate of drug-likeness (QED) is 0.776. The number of hydrogen-bond acceptors (Lipinski definition) is 3. The van der Waals surface area contributed by atoms with Gasteiger partial charge in [0.25, 0.3) is 0 Å². The smallest absolute Gasteiger partial charge is 0.245 e. The minimum absolute atomic E-state index is 0.112. The normalized spacial score (nSPS) is 22.4. The molecule has 4 nitrogen and oxygen atoms in total. The van der Waals surface area contributed by atoms with Gasteiger partial charge in [0.2, 0.25) is 5.91 Å². The van der Waals surface area contributed by atoms with Crippen LogP contribution in [0.3, 0.4) is 0 Å². The van der Waals surface area contributed by atoms with Gasteiger partial charge in [0.15, 0.2) is 0 Å². The highest BCUT2D eigenvalue weighted by molar-refractivity contribution is 5.86. The van der Waals surface area contributed by atoms with E-state index in [0.29, 0.717) is 13.1 Å². The van der Waals surface area contributed by atoms with Gasteiger partial charge in [0.1, 0.15) is 12.2 Å². The maximum Gasteiger partial charge on any atom is 0.245 e. The molecule has 100 valence electrons. The Kier molecular flexibility index (Phi) is 4.15. The second kappa shape index (κ2) is 4.90. The van der Waals surface area contributed by atoms with E-state index in [0.717, 1.165) is 13.1 Å². The van der Waals surface area contributed by atoms with E-state index < -0.39 is 12.2 Å². The van der Waals surface area contributed by atoms with Crippen LogP contribution in [0.25, 0.3) is 0 Å². The average molecular weight is 245 g/mol. The van der Waals surface area contributed by atoms with Gasteiger partial charge in [0, 0.05) is 31.7 Å². The van der Waals surface area contributed by atoms with Crippen molar-refractivity contribution in [3.05, 3.63) is 0 Å². The summed E-state index contributed by atoms with van der Waals surface area (Å²) in [7, 11) is 0. The summed E-state index contributed by atoms with van der Waals surface area (Å²) >= 11 is 0. The zero-order chi connectivity index (χ0) is 13.3. The van der Waals surface area contributed by atoms with E-state index >= 15 is 0 Å². The number of nitrogens with zero attached hydrogens (tertiary/aromatic N) is 2. The van der Waals surface area contributed by atoms with Gasteiger partial charge in [0.05, 0.1) is 0 Å². The number of hydrogen-bond donors (Lipinski definition) is 1. The highest BCUT2D eigenvalue weighted by atomic mass is 19.1. The third-order valence-corrected chi connectivity index (χ3v) is 3.28. The number of halogens is 1. The third-order valence-electron chi connectivity index (χ3n) is 3.28. The molecular weight excluding hydrogens is 221 g/mol. The molecule has 1 aliphatic rings. The summed E-state index contributed by atoms with van der Waals surface area (Å²) in [5, 5.41) is 0. The maximum atomic E-state index is 12.7. The van der Waals surface area contributed by atoms with Crippen LogP contribution in [0.2, 0.25) is 0 Å². The van der Waals surface area contributed by atoms with Crippen molar-refractivity contribution in [2.24, 2.45) is 5.73 Å². The molecule has 0 bridgehead atoms. The fourth-order valence-corrected chi connectivity index (χ4v) is 2.00. The number of carbonyl (C=O) groups excluding carboxylic acids is 1. The number of nitrogens with two attached hydrogens (primary N) is 1. The van der Waals surface area contributed by atoms with E-state index in [1.807, 2.05) is 0 Å². The molecule has 1 atom stereocenters. The summed E-state index contributed by atoms with van der Waals surface area (Å²) < 4.78 is 12.7. The fourth-order valence-electron chi connectivity index (χ4n) is 2.00. The molecule has 1 rings (SSSR count). The van der Waals surface area contributed by atoms with Crippen LogP contribution in [0.4, 0.5) is 4.39 Å². The van der Waals surface area contributed by atoms with Gasteiger partial charge in [-0.05, 0) is 27.7 Å². The SMILES string of the molecule is CC(C)(C)N1CCN(C(=O)[C@@](C)(N)CF)CC1. The number of piperazine rings is 1. The summed E-state index contributed by atoms with van der Waals surface area (Å²) in [6.45, 7) is 9.98. The van der Waals surface area contributed by atoms with Crippen molar-refractivity contribution in [2.75, 3.05) is 32.9 Å².